The predicted molar refractivity (Wildman–Crippen MR) is 132 cm³/mol. The van der Waals surface area contributed by atoms with Crippen molar-refractivity contribution in [2.24, 2.45) is 0 Å². The van der Waals surface area contributed by atoms with E-state index in [1.807, 2.05) is 13.8 Å². The maximum atomic E-state index is 13.2. The first-order chi connectivity index (χ1) is 15.8. The van der Waals surface area contributed by atoms with E-state index in [0.29, 0.717) is 30.1 Å². The number of nitrogens with one attached hydrogen (secondary N) is 1. The lowest BCUT2D eigenvalue weighted by atomic mass is 10.1. The minimum Gasteiger partial charge on any atom is -0.496 e. The molecule has 0 saturated carbocycles. The molecule has 3 rings (SSSR count). The van der Waals surface area contributed by atoms with Gasteiger partial charge in [-0.05, 0) is 36.9 Å². The molecule has 0 aliphatic carbocycles. The molecular formula is C24H34N4O4S. The first kappa shape index (κ1) is 25.0. The van der Waals surface area contributed by atoms with Crippen LogP contribution < -0.4 is 15.0 Å². The Balaban J connectivity index is 2.01. The highest BCUT2D eigenvalue weighted by Gasteiger charge is 2.26. The number of nitrogens with zero attached hydrogens (tertiary/aromatic N) is 3. The summed E-state index contributed by atoms with van der Waals surface area (Å²) in [6, 6.07) is 12.0. The van der Waals surface area contributed by atoms with Gasteiger partial charge >= 0.3 is 0 Å². The minimum absolute atomic E-state index is 0.164. The number of amides is 1. The van der Waals surface area contributed by atoms with Gasteiger partial charge in [-0.25, -0.2) is 8.42 Å². The van der Waals surface area contributed by atoms with Crippen LogP contribution in [-0.4, -0.2) is 76.5 Å². The molecule has 0 spiro atoms. The number of benzene rings is 2. The molecule has 180 valence electrons. The predicted octanol–water partition coefficient (Wildman–Crippen LogP) is 3.12. The largest absolute Gasteiger partial charge is 0.496 e. The maximum absolute atomic E-state index is 13.2. The number of carbonyl (C=O) groups is 1. The smallest absolute Gasteiger partial charge is 0.259 e. The highest BCUT2D eigenvalue weighted by Crippen LogP contribution is 2.32. The van der Waals surface area contributed by atoms with Gasteiger partial charge in [0.05, 0.1) is 28.9 Å². The Labute approximate surface area is 197 Å². The monoisotopic (exact) mass is 474 g/mol. The average molecular weight is 475 g/mol. The van der Waals surface area contributed by atoms with Gasteiger partial charge in [0.15, 0.2) is 0 Å². The van der Waals surface area contributed by atoms with Crippen LogP contribution in [0, 0.1) is 0 Å². The average Bonchev–Trinajstić information content (AvgIpc) is 2.84. The third kappa shape index (κ3) is 5.48. The van der Waals surface area contributed by atoms with Crippen LogP contribution in [0.15, 0.2) is 47.4 Å². The molecule has 0 bridgehead atoms. The lowest BCUT2D eigenvalue weighted by Crippen LogP contribution is -2.46. The van der Waals surface area contributed by atoms with Crippen molar-refractivity contribution >= 4 is 27.3 Å². The Morgan fingerprint density at radius 1 is 1.03 bits per heavy atom. The zero-order valence-corrected chi connectivity index (χ0v) is 20.7. The molecule has 0 unspecified atom stereocenters. The van der Waals surface area contributed by atoms with Crippen molar-refractivity contribution in [2.75, 3.05) is 63.1 Å². The molecule has 33 heavy (non-hydrogen) atoms. The highest BCUT2D eigenvalue weighted by atomic mass is 32.2. The van der Waals surface area contributed by atoms with E-state index in [1.165, 1.54) is 11.4 Å². The summed E-state index contributed by atoms with van der Waals surface area (Å²) in [5, 5.41) is 2.95. The van der Waals surface area contributed by atoms with E-state index in [1.54, 1.807) is 42.5 Å². The first-order valence-corrected chi connectivity index (χ1v) is 12.9. The van der Waals surface area contributed by atoms with Crippen LogP contribution in [0.4, 0.5) is 11.4 Å². The number of likely N-dealkylation sites (N-methyl/N-ethyl adjacent to an activating group) is 1. The van der Waals surface area contributed by atoms with Crippen LogP contribution >= 0.6 is 0 Å². The van der Waals surface area contributed by atoms with E-state index < -0.39 is 10.0 Å². The van der Waals surface area contributed by atoms with Gasteiger partial charge in [0.2, 0.25) is 10.0 Å². The molecule has 9 heteroatoms. The molecule has 1 aliphatic heterocycles. The molecule has 2 aromatic carbocycles. The first-order valence-electron chi connectivity index (χ1n) is 11.4. The summed E-state index contributed by atoms with van der Waals surface area (Å²) in [5.74, 6) is 0.110. The fourth-order valence-electron chi connectivity index (χ4n) is 4.09. The molecule has 0 aromatic heterocycles. The van der Waals surface area contributed by atoms with Crippen LogP contribution in [0.3, 0.4) is 0 Å². The molecule has 1 N–H and O–H groups in total. The van der Waals surface area contributed by atoms with Crippen LogP contribution in [0.25, 0.3) is 0 Å². The number of methoxy groups -OCH3 is 1. The maximum Gasteiger partial charge on any atom is 0.259 e. The van der Waals surface area contributed by atoms with E-state index in [2.05, 4.69) is 22.0 Å². The van der Waals surface area contributed by atoms with Crippen molar-refractivity contribution in [1.29, 1.82) is 0 Å². The summed E-state index contributed by atoms with van der Waals surface area (Å²) in [7, 11) is -2.15. The summed E-state index contributed by atoms with van der Waals surface area (Å²) in [4.78, 5) is 17.9. The number of para-hydroxylation sites is 1. The van der Waals surface area contributed by atoms with Gasteiger partial charge in [0, 0.05) is 39.3 Å². The standard InChI is InChI=1S/C24H34N4O4S/c1-5-26-14-16-27(17-15-26)22-13-12-19(33(30,31)28(6-2)7-3)18-21(22)25-24(29)20-10-8-9-11-23(20)32-4/h8-13,18H,5-7,14-17H2,1-4H3,(H,25,29). The van der Waals surface area contributed by atoms with Gasteiger partial charge in [-0.1, -0.05) is 32.9 Å². The lowest BCUT2D eigenvalue weighted by Gasteiger charge is -2.36. The zero-order chi connectivity index (χ0) is 24.0. The number of piperazine rings is 1. The Kier molecular flexibility index (Phi) is 8.34. The number of hydrogen-bond acceptors (Lipinski definition) is 6. The van der Waals surface area contributed by atoms with Crippen molar-refractivity contribution in [1.82, 2.24) is 9.21 Å². The second kappa shape index (κ2) is 11.0. The number of sulfonamides is 1. The van der Waals surface area contributed by atoms with E-state index in [0.717, 1.165) is 38.4 Å². The number of hydrogen-bond donors (Lipinski definition) is 1. The van der Waals surface area contributed by atoms with E-state index >= 15 is 0 Å². The van der Waals surface area contributed by atoms with Crippen molar-refractivity contribution in [3.63, 3.8) is 0 Å². The van der Waals surface area contributed by atoms with E-state index in [4.69, 9.17) is 4.74 Å². The molecular weight excluding hydrogens is 440 g/mol. The molecule has 1 saturated heterocycles. The van der Waals surface area contributed by atoms with Gasteiger partial charge in [-0.3, -0.25) is 4.79 Å². The van der Waals surface area contributed by atoms with Crippen molar-refractivity contribution < 1.29 is 17.9 Å². The Bertz CT molecular complexity index is 1060. The van der Waals surface area contributed by atoms with E-state index in [9.17, 15) is 13.2 Å². The SMILES string of the molecule is CCN1CCN(c2ccc(S(=O)(=O)N(CC)CC)cc2NC(=O)c2ccccc2OC)CC1. The fraction of sp³-hybridized carbons (Fsp3) is 0.458. The number of ether oxygens (including phenoxy) is 1. The van der Waals surface area contributed by atoms with E-state index in [-0.39, 0.29) is 10.8 Å². The third-order valence-electron chi connectivity index (χ3n) is 6.07. The normalized spacial score (nSPS) is 15.0. The Morgan fingerprint density at radius 2 is 1.70 bits per heavy atom. The lowest BCUT2D eigenvalue weighted by molar-refractivity contribution is 0.102. The van der Waals surface area contributed by atoms with Gasteiger partial charge < -0.3 is 19.9 Å². The van der Waals surface area contributed by atoms with Gasteiger partial charge in [-0.2, -0.15) is 4.31 Å². The molecule has 1 fully saturated rings. The van der Waals surface area contributed by atoms with Crippen LogP contribution in [0.2, 0.25) is 0 Å². The summed E-state index contributed by atoms with van der Waals surface area (Å²) >= 11 is 0. The Morgan fingerprint density at radius 3 is 2.30 bits per heavy atom. The molecule has 0 radical (unpaired) electrons. The highest BCUT2D eigenvalue weighted by molar-refractivity contribution is 7.89. The fourth-order valence-corrected chi connectivity index (χ4v) is 5.58. The summed E-state index contributed by atoms with van der Waals surface area (Å²) in [6.45, 7) is 10.9. The third-order valence-corrected chi connectivity index (χ3v) is 8.12. The Hall–Kier alpha value is -2.62. The van der Waals surface area contributed by atoms with Crippen LogP contribution in [0.5, 0.6) is 5.75 Å². The van der Waals surface area contributed by atoms with Crippen molar-refractivity contribution in [2.45, 2.75) is 25.7 Å². The number of rotatable bonds is 9. The van der Waals surface area contributed by atoms with Gasteiger partial charge in [-0.15, -0.1) is 0 Å². The van der Waals surface area contributed by atoms with Gasteiger partial charge in [0.1, 0.15) is 5.75 Å². The quantitative estimate of drug-likeness (QED) is 0.601. The molecule has 8 nitrogen and oxygen atoms in total. The molecule has 1 aliphatic rings. The minimum atomic E-state index is -3.67. The van der Waals surface area contributed by atoms with Gasteiger partial charge in [0.25, 0.3) is 5.91 Å². The number of anilines is 2. The summed E-state index contributed by atoms with van der Waals surface area (Å²) in [5.41, 5.74) is 1.68. The summed E-state index contributed by atoms with van der Waals surface area (Å²) in [6.07, 6.45) is 0. The van der Waals surface area contributed by atoms with Crippen molar-refractivity contribution in [3.05, 3.63) is 48.0 Å². The topological polar surface area (TPSA) is 82.2 Å². The molecule has 1 heterocycles. The number of carbonyl (C=O) groups excluding carboxylic acids is 1. The van der Waals surface area contributed by atoms with Crippen molar-refractivity contribution in [3.8, 4) is 5.75 Å². The zero-order valence-electron chi connectivity index (χ0n) is 19.9. The second-order valence-electron chi connectivity index (χ2n) is 7.84. The summed E-state index contributed by atoms with van der Waals surface area (Å²) < 4.78 is 33.0. The molecule has 1 amide bonds. The van der Waals surface area contributed by atoms with Crippen LogP contribution in [0.1, 0.15) is 31.1 Å². The molecule has 0 atom stereocenters. The molecule has 2 aromatic rings. The second-order valence-corrected chi connectivity index (χ2v) is 9.78. The van der Waals surface area contributed by atoms with Crippen LogP contribution in [-0.2, 0) is 10.0 Å².